The maximum atomic E-state index is 12.3. The van der Waals surface area contributed by atoms with Crippen LogP contribution in [0.15, 0.2) is 33.1 Å². The van der Waals surface area contributed by atoms with Gasteiger partial charge in [-0.3, -0.25) is 0 Å². The Morgan fingerprint density at radius 1 is 1.17 bits per heavy atom. The Kier molecular flexibility index (Phi) is 4.38. The van der Waals surface area contributed by atoms with Crippen molar-refractivity contribution in [2.24, 2.45) is 0 Å². The number of aromatic nitrogens is 2. The Morgan fingerprint density at radius 3 is 2.74 bits per heavy atom. The van der Waals surface area contributed by atoms with Gasteiger partial charge in [0, 0.05) is 24.5 Å². The van der Waals surface area contributed by atoms with E-state index in [9.17, 15) is 4.79 Å². The molecule has 0 aliphatic heterocycles. The second-order valence-corrected chi connectivity index (χ2v) is 4.83. The van der Waals surface area contributed by atoms with E-state index in [1.807, 2.05) is 25.1 Å². The van der Waals surface area contributed by atoms with E-state index in [4.69, 9.17) is 18.3 Å². The molecule has 0 N–H and O–H groups in total. The molecule has 0 radical (unpaired) electrons. The van der Waals surface area contributed by atoms with Gasteiger partial charge in [-0.05, 0) is 13.0 Å². The standard InChI is InChI=1S/C16H16N2O5/c1-3-20-8-12-11-6-4-5-7-13(11)23-15(12)16(19)21-9-14-18-17-10(2)22-14/h4-7H,3,8-9H2,1-2H3. The van der Waals surface area contributed by atoms with Gasteiger partial charge in [0.05, 0.1) is 6.61 Å². The molecular formula is C16H16N2O5. The lowest BCUT2D eigenvalue weighted by Gasteiger charge is -2.03. The fourth-order valence-corrected chi connectivity index (χ4v) is 2.20. The molecule has 1 aromatic carbocycles. The zero-order chi connectivity index (χ0) is 16.2. The molecule has 0 aliphatic rings. The summed E-state index contributed by atoms with van der Waals surface area (Å²) in [6.07, 6.45) is 0. The topological polar surface area (TPSA) is 87.6 Å². The average Bonchev–Trinajstić information content (AvgIpc) is 3.14. The van der Waals surface area contributed by atoms with Crippen molar-refractivity contribution in [1.29, 1.82) is 0 Å². The van der Waals surface area contributed by atoms with Gasteiger partial charge in [0.15, 0.2) is 6.61 Å². The van der Waals surface area contributed by atoms with Crippen LogP contribution in [0.25, 0.3) is 11.0 Å². The molecule has 2 aromatic heterocycles. The maximum absolute atomic E-state index is 12.3. The summed E-state index contributed by atoms with van der Waals surface area (Å²) in [4.78, 5) is 12.3. The number of para-hydroxylation sites is 1. The van der Waals surface area contributed by atoms with E-state index in [2.05, 4.69) is 10.2 Å². The number of carbonyl (C=O) groups excluding carboxylic acids is 1. The summed E-state index contributed by atoms with van der Waals surface area (Å²) >= 11 is 0. The first-order valence-corrected chi connectivity index (χ1v) is 7.23. The van der Waals surface area contributed by atoms with Crippen LogP contribution in [0, 0.1) is 6.92 Å². The summed E-state index contributed by atoms with van der Waals surface area (Å²) in [7, 11) is 0. The van der Waals surface area contributed by atoms with Crippen LogP contribution in [-0.4, -0.2) is 22.8 Å². The van der Waals surface area contributed by atoms with Gasteiger partial charge in [0.25, 0.3) is 5.89 Å². The van der Waals surface area contributed by atoms with Gasteiger partial charge in [0.1, 0.15) is 5.58 Å². The molecule has 0 amide bonds. The molecule has 0 fully saturated rings. The third kappa shape index (κ3) is 3.24. The van der Waals surface area contributed by atoms with Gasteiger partial charge >= 0.3 is 5.97 Å². The lowest BCUT2D eigenvalue weighted by Crippen LogP contribution is -2.08. The maximum Gasteiger partial charge on any atom is 0.375 e. The Morgan fingerprint density at radius 2 is 2.00 bits per heavy atom. The molecule has 3 aromatic rings. The van der Waals surface area contributed by atoms with Gasteiger partial charge in [-0.2, -0.15) is 0 Å². The number of benzene rings is 1. The van der Waals surface area contributed by atoms with E-state index < -0.39 is 5.97 Å². The Balaban J connectivity index is 1.83. The molecule has 23 heavy (non-hydrogen) atoms. The smallest absolute Gasteiger partial charge is 0.375 e. The van der Waals surface area contributed by atoms with Crippen LogP contribution in [0.5, 0.6) is 0 Å². The van der Waals surface area contributed by atoms with Crippen molar-refractivity contribution in [2.75, 3.05) is 6.61 Å². The third-order valence-electron chi connectivity index (χ3n) is 3.23. The van der Waals surface area contributed by atoms with Crippen LogP contribution in [0.3, 0.4) is 0 Å². The summed E-state index contributed by atoms with van der Waals surface area (Å²) in [5.41, 5.74) is 1.29. The molecule has 2 heterocycles. The number of hydrogen-bond acceptors (Lipinski definition) is 7. The molecule has 7 nitrogen and oxygen atoms in total. The van der Waals surface area contributed by atoms with Crippen LogP contribution < -0.4 is 0 Å². The first kappa shape index (κ1) is 15.2. The first-order chi connectivity index (χ1) is 11.2. The van der Waals surface area contributed by atoms with E-state index >= 15 is 0 Å². The summed E-state index contributed by atoms with van der Waals surface area (Å²) in [5.74, 6) is 0.192. The van der Waals surface area contributed by atoms with E-state index in [0.717, 1.165) is 5.39 Å². The van der Waals surface area contributed by atoms with Crippen molar-refractivity contribution in [2.45, 2.75) is 27.1 Å². The quantitative estimate of drug-likeness (QED) is 0.646. The van der Waals surface area contributed by atoms with Crippen molar-refractivity contribution in [1.82, 2.24) is 10.2 Å². The molecule has 0 unspecified atom stereocenters. The van der Waals surface area contributed by atoms with E-state index in [1.54, 1.807) is 13.0 Å². The molecule has 0 atom stereocenters. The second-order valence-electron chi connectivity index (χ2n) is 4.83. The molecule has 0 bridgehead atoms. The third-order valence-corrected chi connectivity index (χ3v) is 3.23. The number of furan rings is 1. The Hall–Kier alpha value is -2.67. The van der Waals surface area contributed by atoms with E-state index in [1.165, 1.54) is 0 Å². The summed E-state index contributed by atoms with van der Waals surface area (Å²) in [5, 5.41) is 8.29. The highest BCUT2D eigenvalue weighted by Gasteiger charge is 2.22. The molecule has 3 rings (SSSR count). The van der Waals surface area contributed by atoms with Gasteiger partial charge in [-0.1, -0.05) is 18.2 Å². The fourth-order valence-electron chi connectivity index (χ4n) is 2.20. The van der Waals surface area contributed by atoms with Crippen LogP contribution in [0.4, 0.5) is 0 Å². The van der Waals surface area contributed by atoms with Crippen molar-refractivity contribution in [3.63, 3.8) is 0 Å². The SMILES string of the molecule is CCOCc1c(C(=O)OCc2nnc(C)o2)oc2ccccc12. The minimum atomic E-state index is -0.591. The van der Waals surface area contributed by atoms with Crippen molar-refractivity contribution < 1.29 is 23.1 Å². The van der Waals surface area contributed by atoms with Crippen molar-refractivity contribution in [3.8, 4) is 0 Å². The fraction of sp³-hybridized carbons (Fsp3) is 0.312. The van der Waals surface area contributed by atoms with Crippen molar-refractivity contribution >= 4 is 16.9 Å². The number of ether oxygens (including phenoxy) is 2. The highest BCUT2D eigenvalue weighted by Crippen LogP contribution is 2.27. The first-order valence-electron chi connectivity index (χ1n) is 7.23. The molecule has 0 spiro atoms. The molecule has 0 aliphatic carbocycles. The zero-order valence-corrected chi connectivity index (χ0v) is 12.9. The van der Waals surface area contributed by atoms with E-state index in [0.29, 0.717) is 23.6 Å². The number of hydrogen-bond donors (Lipinski definition) is 0. The number of nitrogens with zero attached hydrogens (tertiary/aromatic N) is 2. The predicted molar refractivity (Wildman–Crippen MR) is 79.7 cm³/mol. The van der Waals surface area contributed by atoms with Crippen LogP contribution in [0.1, 0.15) is 34.8 Å². The molecule has 0 saturated carbocycles. The lowest BCUT2D eigenvalue weighted by molar-refractivity contribution is 0.0395. The molecular weight excluding hydrogens is 300 g/mol. The normalized spacial score (nSPS) is 11.0. The minimum absolute atomic E-state index is 0.106. The summed E-state index contributed by atoms with van der Waals surface area (Å²) in [6.45, 7) is 4.26. The Labute approximate surface area is 132 Å². The summed E-state index contributed by atoms with van der Waals surface area (Å²) in [6, 6.07) is 7.39. The summed E-state index contributed by atoms with van der Waals surface area (Å²) < 4.78 is 21.4. The van der Waals surface area contributed by atoms with Gasteiger partial charge in [0.2, 0.25) is 11.7 Å². The predicted octanol–water partition coefficient (Wildman–Crippen LogP) is 3.02. The van der Waals surface area contributed by atoms with Crippen LogP contribution >= 0.6 is 0 Å². The number of rotatable bonds is 6. The zero-order valence-electron chi connectivity index (χ0n) is 12.9. The van der Waals surface area contributed by atoms with Crippen molar-refractivity contribution in [3.05, 3.63) is 47.4 Å². The largest absolute Gasteiger partial charge is 0.450 e. The number of carbonyl (C=O) groups is 1. The highest BCUT2D eigenvalue weighted by molar-refractivity contribution is 5.96. The molecule has 120 valence electrons. The number of aryl methyl sites for hydroxylation is 1. The second kappa shape index (κ2) is 6.62. The van der Waals surface area contributed by atoms with Crippen LogP contribution in [-0.2, 0) is 22.7 Å². The van der Waals surface area contributed by atoms with Crippen LogP contribution in [0.2, 0.25) is 0 Å². The van der Waals surface area contributed by atoms with E-state index in [-0.39, 0.29) is 24.9 Å². The molecule has 7 heteroatoms. The number of fused-ring (bicyclic) bond motifs is 1. The monoisotopic (exact) mass is 316 g/mol. The van der Waals surface area contributed by atoms with Gasteiger partial charge in [-0.25, -0.2) is 4.79 Å². The minimum Gasteiger partial charge on any atom is -0.450 e. The Bertz CT molecular complexity index is 821. The number of esters is 1. The highest BCUT2D eigenvalue weighted by atomic mass is 16.6. The molecule has 0 saturated heterocycles. The average molecular weight is 316 g/mol. The van der Waals surface area contributed by atoms with Gasteiger partial charge in [-0.15, -0.1) is 10.2 Å². The van der Waals surface area contributed by atoms with Gasteiger partial charge < -0.3 is 18.3 Å². The lowest BCUT2D eigenvalue weighted by atomic mass is 10.1.